The monoisotopic (exact) mass is 1060 g/mol. The predicted octanol–water partition coefficient (Wildman–Crippen LogP) is 22.7. The highest BCUT2D eigenvalue weighted by Crippen LogP contribution is 2.20. The van der Waals surface area contributed by atoms with E-state index in [1.54, 1.807) is 0 Å². The first kappa shape index (κ1) is 72.9. The van der Waals surface area contributed by atoms with E-state index in [4.69, 9.17) is 0 Å². The molecule has 0 saturated carbocycles. The Morgan fingerprint density at radius 1 is 0.240 bits per heavy atom. The lowest BCUT2D eigenvalue weighted by Crippen LogP contribution is -2.58. The number of hydrogen-bond donors (Lipinski definition) is 0. The van der Waals surface area contributed by atoms with Crippen molar-refractivity contribution < 1.29 is 0 Å². The molecule has 4 nitrogen and oxygen atoms in total. The third kappa shape index (κ3) is 51.7. The fourth-order valence-electron chi connectivity index (χ4n) is 12.6. The molecule has 0 radical (unpaired) electrons. The molecule has 0 aliphatic carbocycles. The second kappa shape index (κ2) is 61.5. The molecule has 1 rings (SSSR count). The van der Waals surface area contributed by atoms with Gasteiger partial charge in [-0.2, -0.15) is 0 Å². The van der Waals surface area contributed by atoms with Crippen molar-refractivity contribution >= 4 is 0 Å². The predicted molar refractivity (Wildman–Crippen MR) is 342 cm³/mol. The van der Waals surface area contributed by atoms with Crippen LogP contribution in [0.1, 0.15) is 381 Å². The molecule has 0 amide bonds. The molecule has 1 fully saturated rings. The molecule has 1 atom stereocenters. The highest BCUT2D eigenvalue weighted by Gasteiger charge is 2.28. The van der Waals surface area contributed by atoms with E-state index in [0.29, 0.717) is 6.04 Å². The number of rotatable bonds is 64. The van der Waals surface area contributed by atoms with Gasteiger partial charge in [0.05, 0.1) is 0 Å². The van der Waals surface area contributed by atoms with Crippen molar-refractivity contribution in [1.29, 1.82) is 0 Å². The van der Waals surface area contributed by atoms with Crippen LogP contribution in [0.15, 0.2) is 0 Å². The summed E-state index contributed by atoms with van der Waals surface area (Å²) in [6, 6.07) is 0.699. The van der Waals surface area contributed by atoms with E-state index >= 15 is 0 Å². The summed E-state index contributed by atoms with van der Waals surface area (Å²) in [5.41, 5.74) is 0. The average Bonchev–Trinajstić information content (AvgIpc) is 3.42. The highest BCUT2D eigenvalue weighted by atomic mass is 15.3. The average molecular weight is 1060 g/mol. The van der Waals surface area contributed by atoms with Gasteiger partial charge in [-0.25, -0.2) is 0 Å². The Morgan fingerprint density at radius 3 is 0.760 bits per heavy atom. The molecule has 1 unspecified atom stereocenters. The molecule has 1 saturated heterocycles. The Kier molecular flexibility index (Phi) is 59.7. The SMILES string of the molecule is CCCCCCCCCCCCCCN(CCCCCCCCCCCC)CCN1CCN(CCCCCCCCCCCCC)C(CN(CCCCCCCCCCCC)CCCCCCCCCCCCC)C1. The van der Waals surface area contributed by atoms with Crippen LogP contribution in [0.3, 0.4) is 0 Å². The summed E-state index contributed by atoms with van der Waals surface area (Å²) in [4.78, 5) is 11.9. The van der Waals surface area contributed by atoms with Crippen molar-refractivity contribution in [2.45, 2.75) is 387 Å². The third-order valence-corrected chi connectivity index (χ3v) is 18.0. The summed E-state index contributed by atoms with van der Waals surface area (Å²) in [6.45, 7) is 26.2. The van der Waals surface area contributed by atoms with Crippen LogP contribution in [0.5, 0.6) is 0 Å². The largest absolute Gasteiger partial charge is 0.302 e. The maximum atomic E-state index is 3.02. The standard InChI is InChI=1S/C71H146N4/c1-6-11-16-21-26-31-36-39-42-46-51-56-61-72(60-55-50-45-40-34-29-24-19-14-9-4)65-66-74-67-68-75(64-59-54-49-44-38-33-28-23-18-13-8-3)71(70-74)69-73(62-57-52-47-41-35-30-25-20-15-10-5)63-58-53-48-43-37-32-27-22-17-12-7-2/h71H,6-70H2,1-5H3. The Labute approximate surface area is 476 Å². The maximum absolute atomic E-state index is 3.02. The van der Waals surface area contributed by atoms with Crippen LogP contribution < -0.4 is 0 Å². The summed E-state index contributed by atoms with van der Waals surface area (Å²) < 4.78 is 0. The molecule has 1 aliphatic rings. The van der Waals surface area contributed by atoms with Crippen LogP contribution in [-0.2, 0) is 0 Å². The summed E-state index contributed by atoms with van der Waals surface area (Å²) in [7, 11) is 0. The van der Waals surface area contributed by atoms with Crippen molar-refractivity contribution in [3.63, 3.8) is 0 Å². The van der Waals surface area contributed by atoms with E-state index < -0.39 is 0 Å². The molecule has 4 heteroatoms. The van der Waals surface area contributed by atoms with Crippen LogP contribution in [0.25, 0.3) is 0 Å². The van der Waals surface area contributed by atoms with Gasteiger partial charge in [0.1, 0.15) is 0 Å². The molecule has 0 bridgehead atoms. The number of unbranched alkanes of at least 4 members (excludes halogenated alkanes) is 49. The van der Waals surface area contributed by atoms with Gasteiger partial charge in [-0.3, -0.25) is 9.80 Å². The molecular weight excluding hydrogens is 909 g/mol. The second-order valence-corrected chi connectivity index (χ2v) is 25.5. The van der Waals surface area contributed by atoms with E-state index in [0.717, 1.165) is 0 Å². The first-order chi connectivity index (χ1) is 37.2. The van der Waals surface area contributed by atoms with Gasteiger partial charge in [0.15, 0.2) is 0 Å². The number of piperazine rings is 1. The van der Waals surface area contributed by atoms with Crippen LogP contribution in [0, 0.1) is 0 Å². The van der Waals surface area contributed by atoms with E-state index in [-0.39, 0.29) is 0 Å². The molecule has 1 aliphatic heterocycles. The van der Waals surface area contributed by atoms with E-state index in [1.165, 1.54) is 419 Å². The lowest BCUT2D eigenvalue weighted by molar-refractivity contribution is 0.0436. The minimum Gasteiger partial charge on any atom is -0.302 e. The first-order valence-electron chi connectivity index (χ1n) is 36.1. The zero-order chi connectivity index (χ0) is 53.8. The minimum absolute atomic E-state index is 0.699. The van der Waals surface area contributed by atoms with Gasteiger partial charge in [-0.05, 0) is 64.8 Å². The van der Waals surface area contributed by atoms with Gasteiger partial charge < -0.3 is 9.80 Å². The summed E-state index contributed by atoms with van der Waals surface area (Å²) in [5, 5.41) is 0. The van der Waals surface area contributed by atoms with E-state index in [2.05, 4.69) is 54.2 Å². The van der Waals surface area contributed by atoms with Crippen LogP contribution in [0.2, 0.25) is 0 Å². The molecule has 0 aromatic rings. The smallest absolute Gasteiger partial charge is 0.0350 e. The van der Waals surface area contributed by atoms with Gasteiger partial charge >= 0.3 is 0 Å². The Morgan fingerprint density at radius 2 is 0.480 bits per heavy atom. The van der Waals surface area contributed by atoms with Crippen LogP contribution in [-0.4, -0.2) is 97.6 Å². The van der Waals surface area contributed by atoms with Gasteiger partial charge in [-0.1, -0.05) is 349 Å². The number of nitrogens with zero attached hydrogens (tertiary/aromatic N) is 4. The molecule has 75 heavy (non-hydrogen) atoms. The van der Waals surface area contributed by atoms with Gasteiger partial charge in [0, 0.05) is 45.3 Å². The van der Waals surface area contributed by atoms with Crippen LogP contribution in [0.4, 0.5) is 0 Å². The lowest BCUT2D eigenvalue weighted by atomic mass is 10.0. The summed E-state index contributed by atoms with van der Waals surface area (Å²) >= 11 is 0. The summed E-state index contributed by atoms with van der Waals surface area (Å²) in [6.07, 6.45) is 78.1. The quantitative estimate of drug-likeness (QED) is 0.0563. The van der Waals surface area contributed by atoms with Gasteiger partial charge in [0.2, 0.25) is 0 Å². The zero-order valence-electron chi connectivity index (χ0n) is 53.3. The van der Waals surface area contributed by atoms with Crippen molar-refractivity contribution in [2.75, 3.05) is 72.0 Å². The number of hydrogen-bond acceptors (Lipinski definition) is 4. The summed E-state index contributed by atoms with van der Waals surface area (Å²) in [5.74, 6) is 0. The zero-order valence-corrected chi connectivity index (χ0v) is 53.3. The molecule has 0 N–H and O–H groups in total. The van der Waals surface area contributed by atoms with Crippen molar-refractivity contribution in [1.82, 2.24) is 19.6 Å². The molecular formula is C71H146N4. The molecule has 0 aromatic carbocycles. The Bertz CT molecular complexity index is 1030. The minimum atomic E-state index is 0.699. The first-order valence-corrected chi connectivity index (χ1v) is 36.1. The van der Waals surface area contributed by atoms with E-state index in [1.807, 2.05) is 0 Å². The molecule has 0 aromatic heterocycles. The maximum Gasteiger partial charge on any atom is 0.0350 e. The lowest BCUT2D eigenvalue weighted by Gasteiger charge is -2.44. The van der Waals surface area contributed by atoms with Crippen molar-refractivity contribution in [3.8, 4) is 0 Å². The van der Waals surface area contributed by atoms with Crippen LogP contribution >= 0.6 is 0 Å². The second-order valence-electron chi connectivity index (χ2n) is 25.5. The highest BCUT2D eigenvalue weighted by molar-refractivity contribution is 4.86. The van der Waals surface area contributed by atoms with E-state index in [9.17, 15) is 0 Å². The topological polar surface area (TPSA) is 13.0 Å². The molecule has 1 heterocycles. The Hall–Kier alpha value is -0.160. The van der Waals surface area contributed by atoms with Gasteiger partial charge in [-0.15, -0.1) is 0 Å². The fraction of sp³-hybridized carbons (Fsp3) is 1.00. The normalized spacial score (nSPS) is 14.7. The Balaban J connectivity index is 2.91. The van der Waals surface area contributed by atoms with Gasteiger partial charge in [0.25, 0.3) is 0 Å². The van der Waals surface area contributed by atoms with Crippen molar-refractivity contribution in [3.05, 3.63) is 0 Å². The third-order valence-electron chi connectivity index (χ3n) is 18.0. The molecule has 0 spiro atoms. The fourth-order valence-corrected chi connectivity index (χ4v) is 12.6. The van der Waals surface area contributed by atoms with Crippen molar-refractivity contribution in [2.24, 2.45) is 0 Å². The molecule has 450 valence electrons.